The van der Waals surface area contributed by atoms with Crippen LogP contribution in [0.3, 0.4) is 0 Å². The van der Waals surface area contributed by atoms with Gasteiger partial charge >= 0.3 is 0 Å². The van der Waals surface area contributed by atoms with E-state index in [-0.39, 0.29) is 6.79 Å². The van der Waals surface area contributed by atoms with Gasteiger partial charge in [-0.1, -0.05) is 0 Å². The fourth-order valence-electron chi connectivity index (χ4n) is 1.65. The number of rotatable bonds is 2. The van der Waals surface area contributed by atoms with Gasteiger partial charge in [0.05, 0.1) is 6.54 Å². The van der Waals surface area contributed by atoms with E-state index >= 15 is 0 Å². The third-order valence-corrected chi connectivity index (χ3v) is 2.61. The molecule has 0 N–H and O–H groups in total. The van der Waals surface area contributed by atoms with E-state index in [1.807, 2.05) is 19.9 Å². The fraction of sp³-hybridized carbons (Fsp3) is 0.364. The van der Waals surface area contributed by atoms with Crippen LogP contribution in [0.5, 0.6) is 11.5 Å². The molecule has 0 fully saturated rings. The Bertz CT molecular complexity index is 448. The number of hydrogen-bond acceptors (Lipinski definition) is 4. The van der Waals surface area contributed by atoms with Crippen LogP contribution in [0.25, 0.3) is 0 Å². The molecule has 0 amide bonds. The van der Waals surface area contributed by atoms with Crippen LogP contribution in [0.1, 0.15) is 16.7 Å². The predicted octanol–water partition coefficient (Wildman–Crippen LogP) is 1.87. The molecule has 1 aromatic rings. The molecule has 1 heterocycles. The van der Waals surface area contributed by atoms with Crippen LogP contribution in [-0.2, 0) is 11.3 Å². The van der Waals surface area contributed by atoms with Gasteiger partial charge in [-0.3, -0.25) is 0 Å². The second kappa shape index (κ2) is 3.75. The van der Waals surface area contributed by atoms with Gasteiger partial charge in [-0.2, -0.15) is 0 Å². The number of benzene rings is 1. The summed E-state index contributed by atoms with van der Waals surface area (Å²) in [5, 5.41) is 0. The van der Waals surface area contributed by atoms with E-state index in [0.717, 1.165) is 22.4 Å². The standard InChI is InChI=1S/C11H11NO3/c1-7-3-10-11(15-6-14-10)9(8(7)2)4-12-5-13/h3H,4,6H2,1-2H3. The van der Waals surface area contributed by atoms with Crippen molar-refractivity contribution in [1.82, 2.24) is 0 Å². The highest BCUT2D eigenvalue weighted by Crippen LogP contribution is 2.39. The number of carbonyl (C=O) groups excluding carboxylic acids is 1. The maximum atomic E-state index is 10.1. The van der Waals surface area contributed by atoms with Crippen LogP contribution in [0, 0.1) is 13.8 Å². The second-order valence-electron chi connectivity index (χ2n) is 3.44. The van der Waals surface area contributed by atoms with Gasteiger partial charge in [0, 0.05) is 5.56 Å². The van der Waals surface area contributed by atoms with Gasteiger partial charge in [-0.25, -0.2) is 9.79 Å². The SMILES string of the molecule is Cc1cc2c(c(CN=C=O)c1C)OCO2. The molecule has 15 heavy (non-hydrogen) atoms. The van der Waals surface area contributed by atoms with E-state index in [1.165, 1.54) is 6.08 Å². The summed E-state index contributed by atoms with van der Waals surface area (Å²) in [5.74, 6) is 1.44. The Morgan fingerprint density at radius 1 is 1.47 bits per heavy atom. The van der Waals surface area contributed by atoms with Crippen LogP contribution < -0.4 is 9.47 Å². The van der Waals surface area contributed by atoms with Crippen molar-refractivity contribution in [3.8, 4) is 11.5 Å². The number of ether oxygens (including phenoxy) is 2. The summed E-state index contributed by atoms with van der Waals surface area (Å²) >= 11 is 0. The molecule has 4 nitrogen and oxygen atoms in total. The lowest BCUT2D eigenvalue weighted by molar-refractivity contribution is 0.173. The molecule has 0 saturated heterocycles. The van der Waals surface area contributed by atoms with Crippen molar-refractivity contribution in [1.29, 1.82) is 0 Å². The molecular formula is C11H11NO3. The maximum absolute atomic E-state index is 10.1. The smallest absolute Gasteiger partial charge is 0.235 e. The lowest BCUT2D eigenvalue weighted by Crippen LogP contribution is -1.96. The van der Waals surface area contributed by atoms with Crippen molar-refractivity contribution in [2.24, 2.45) is 4.99 Å². The molecular weight excluding hydrogens is 194 g/mol. The van der Waals surface area contributed by atoms with Gasteiger partial charge in [0.15, 0.2) is 11.5 Å². The molecule has 0 aromatic heterocycles. The van der Waals surface area contributed by atoms with Gasteiger partial charge in [0.25, 0.3) is 0 Å². The van der Waals surface area contributed by atoms with Crippen LogP contribution in [-0.4, -0.2) is 12.9 Å². The molecule has 0 aliphatic carbocycles. The largest absolute Gasteiger partial charge is 0.454 e. The fourth-order valence-corrected chi connectivity index (χ4v) is 1.65. The van der Waals surface area contributed by atoms with Crippen molar-refractivity contribution in [2.75, 3.05) is 6.79 Å². The molecule has 0 saturated carbocycles. The van der Waals surface area contributed by atoms with Gasteiger partial charge in [0.2, 0.25) is 12.9 Å². The van der Waals surface area contributed by atoms with Crippen molar-refractivity contribution >= 4 is 6.08 Å². The molecule has 0 radical (unpaired) electrons. The molecule has 4 heteroatoms. The summed E-state index contributed by atoms with van der Waals surface area (Å²) < 4.78 is 10.6. The van der Waals surface area contributed by atoms with Gasteiger partial charge in [0.1, 0.15) is 0 Å². The first kappa shape index (κ1) is 9.74. The first-order valence-corrected chi connectivity index (χ1v) is 4.66. The molecule has 2 rings (SSSR count). The minimum Gasteiger partial charge on any atom is -0.454 e. The van der Waals surface area contributed by atoms with Crippen LogP contribution in [0.15, 0.2) is 11.1 Å². The molecule has 1 aromatic carbocycles. The number of aryl methyl sites for hydroxylation is 1. The quantitative estimate of drug-likeness (QED) is 0.547. The van der Waals surface area contributed by atoms with E-state index in [1.54, 1.807) is 0 Å². The zero-order valence-corrected chi connectivity index (χ0v) is 8.66. The first-order chi connectivity index (χ1) is 7.24. The highest BCUT2D eigenvalue weighted by atomic mass is 16.7. The number of aliphatic imine (C=N–C) groups is 1. The van der Waals surface area contributed by atoms with Crippen LogP contribution >= 0.6 is 0 Å². The Balaban J connectivity index is 2.54. The molecule has 1 aliphatic heterocycles. The summed E-state index contributed by atoms with van der Waals surface area (Å²) in [4.78, 5) is 13.7. The summed E-state index contributed by atoms with van der Waals surface area (Å²) in [5.41, 5.74) is 3.10. The van der Waals surface area contributed by atoms with E-state index in [4.69, 9.17) is 9.47 Å². The van der Waals surface area contributed by atoms with Crippen molar-refractivity contribution in [3.63, 3.8) is 0 Å². The third-order valence-electron chi connectivity index (χ3n) is 2.61. The van der Waals surface area contributed by atoms with Crippen molar-refractivity contribution < 1.29 is 14.3 Å². The zero-order chi connectivity index (χ0) is 10.8. The molecule has 0 unspecified atom stereocenters. The Hall–Kier alpha value is -1.80. The van der Waals surface area contributed by atoms with Gasteiger partial charge < -0.3 is 9.47 Å². The Morgan fingerprint density at radius 3 is 3.00 bits per heavy atom. The minimum atomic E-state index is 0.232. The lowest BCUT2D eigenvalue weighted by Gasteiger charge is -2.09. The van der Waals surface area contributed by atoms with E-state index in [9.17, 15) is 4.79 Å². The van der Waals surface area contributed by atoms with Crippen LogP contribution in [0.4, 0.5) is 0 Å². The van der Waals surface area contributed by atoms with Crippen LogP contribution in [0.2, 0.25) is 0 Å². The van der Waals surface area contributed by atoms with Crippen molar-refractivity contribution in [2.45, 2.75) is 20.4 Å². The normalized spacial score (nSPS) is 12.4. The molecule has 1 aliphatic rings. The summed E-state index contributed by atoms with van der Waals surface area (Å²) in [7, 11) is 0. The molecule has 0 bridgehead atoms. The van der Waals surface area contributed by atoms with Gasteiger partial charge in [-0.05, 0) is 31.0 Å². The van der Waals surface area contributed by atoms with E-state index in [2.05, 4.69) is 4.99 Å². The number of isocyanates is 1. The third kappa shape index (κ3) is 1.60. The van der Waals surface area contributed by atoms with Crippen molar-refractivity contribution in [3.05, 3.63) is 22.8 Å². The van der Waals surface area contributed by atoms with E-state index < -0.39 is 0 Å². The number of fused-ring (bicyclic) bond motifs is 1. The Kier molecular flexibility index (Phi) is 2.44. The van der Waals surface area contributed by atoms with E-state index in [0.29, 0.717) is 12.3 Å². The molecule has 0 atom stereocenters. The Labute approximate surface area is 87.5 Å². The second-order valence-corrected chi connectivity index (χ2v) is 3.44. The topological polar surface area (TPSA) is 47.9 Å². The summed E-state index contributed by atoms with van der Waals surface area (Å²) in [6.45, 7) is 4.50. The number of nitrogens with zero attached hydrogens (tertiary/aromatic N) is 1. The monoisotopic (exact) mass is 205 g/mol. The summed E-state index contributed by atoms with van der Waals surface area (Å²) in [6.07, 6.45) is 1.53. The predicted molar refractivity (Wildman–Crippen MR) is 53.9 cm³/mol. The average molecular weight is 205 g/mol. The van der Waals surface area contributed by atoms with Gasteiger partial charge in [-0.15, -0.1) is 0 Å². The first-order valence-electron chi connectivity index (χ1n) is 4.66. The Morgan fingerprint density at radius 2 is 2.27 bits per heavy atom. The maximum Gasteiger partial charge on any atom is 0.235 e. The zero-order valence-electron chi connectivity index (χ0n) is 8.66. The molecule has 78 valence electrons. The molecule has 0 spiro atoms. The summed E-state index contributed by atoms with van der Waals surface area (Å²) in [6, 6.07) is 1.94. The lowest BCUT2D eigenvalue weighted by atomic mass is 10.0. The highest BCUT2D eigenvalue weighted by molar-refractivity contribution is 5.55. The highest BCUT2D eigenvalue weighted by Gasteiger charge is 2.20. The average Bonchev–Trinajstić information content (AvgIpc) is 2.66. The number of hydrogen-bond donors (Lipinski definition) is 0. The minimum absolute atomic E-state index is 0.232.